The number of hydrogen-bond donors (Lipinski definition) is 2. The summed E-state index contributed by atoms with van der Waals surface area (Å²) in [5, 5.41) is 17.6. The van der Waals surface area contributed by atoms with E-state index in [1.165, 1.54) is 71.1 Å². The molecule has 2 aromatic heterocycles. The number of rotatable bonds is 7. The molecule has 0 amide bonds. The maximum absolute atomic E-state index is 4.83. The standard InChI is InChI=1S/C24H33N7S.C2H6/c1-14(2)31-20(15(3)30(4)5)13-21(29-31)32-24-26-23(27-28-24)25-22-18-10-6-8-16(18)12-17-9-7-11-19(17)22;1-2/h12-15H,6-11H2,1-5H3,(H2,25,26,27,28);1-2H3. The molecule has 5 rings (SSSR count). The van der Waals surface area contributed by atoms with Gasteiger partial charge >= 0.3 is 0 Å². The second-order valence-corrected chi connectivity index (χ2v) is 10.5. The number of anilines is 2. The van der Waals surface area contributed by atoms with Crippen molar-refractivity contribution in [3.8, 4) is 0 Å². The third-order valence-corrected chi connectivity index (χ3v) is 7.58. The highest BCUT2D eigenvalue weighted by atomic mass is 32.2. The third-order valence-electron chi connectivity index (χ3n) is 6.81. The number of nitrogens with zero attached hydrogens (tertiary/aromatic N) is 5. The van der Waals surface area contributed by atoms with E-state index in [1.807, 2.05) is 13.8 Å². The van der Waals surface area contributed by atoms with Gasteiger partial charge < -0.3 is 10.2 Å². The first-order valence-corrected chi connectivity index (χ1v) is 13.5. The second kappa shape index (κ2) is 10.5. The van der Waals surface area contributed by atoms with Gasteiger partial charge in [0.1, 0.15) is 5.03 Å². The van der Waals surface area contributed by atoms with Crippen LogP contribution < -0.4 is 5.32 Å². The van der Waals surface area contributed by atoms with Gasteiger partial charge in [-0.2, -0.15) is 10.1 Å². The molecule has 0 bridgehead atoms. The number of aryl methyl sites for hydroxylation is 2. The van der Waals surface area contributed by atoms with Crippen molar-refractivity contribution in [2.45, 2.75) is 95.4 Å². The summed E-state index contributed by atoms with van der Waals surface area (Å²) in [6.07, 6.45) is 7.19. The zero-order chi connectivity index (χ0) is 24.4. The van der Waals surface area contributed by atoms with Crippen LogP contribution in [0.1, 0.15) is 87.5 Å². The van der Waals surface area contributed by atoms with Gasteiger partial charge in [0.15, 0.2) is 0 Å². The van der Waals surface area contributed by atoms with Gasteiger partial charge in [-0.1, -0.05) is 19.9 Å². The van der Waals surface area contributed by atoms with Gasteiger partial charge in [0.25, 0.3) is 0 Å². The van der Waals surface area contributed by atoms with Crippen LogP contribution in [0.3, 0.4) is 0 Å². The Kier molecular flexibility index (Phi) is 7.67. The summed E-state index contributed by atoms with van der Waals surface area (Å²) < 4.78 is 2.11. The lowest BCUT2D eigenvalue weighted by Gasteiger charge is -2.22. The van der Waals surface area contributed by atoms with Crippen molar-refractivity contribution in [2.75, 3.05) is 19.4 Å². The SMILES string of the molecule is CC.CC(c1cc(Sc2n[nH]c(Nc3c4c(cc5c3CCC5)CCC4)n2)nn1C(C)C)N(C)C. The Morgan fingerprint density at radius 3 is 2.24 bits per heavy atom. The zero-order valence-corrected chi connectivity index (χ0v) is 22.5. The van der Waals surface area contributed by atoms with Gasteiger partial charge in [0, 0.05) is 17.8 Å². The Bertz CT molecular complexity index is 1100. The molecule has 0 saturated heterocycles. The Labute approximate surface area is 208 Å². The molecule has 2 heterocycles. The Hall–Kier alpha value is -2.32. The van der Waals surface area contributed by atoms with Crippen LogP contribution in [0.5, 0.6) is 0 Å². The lowest BCUT2D eigenvalue weighted by Crippen LogP contribution is -2.21. The summed E-state index contributed by atoms with van der Waals surface area (Å²) >= 11 is 1.51. The van der Waals surface area contributed by atoms with Crippen molar-refractivity contribution in [2.24, 2.45) is 0 Å². The third kappa shape index (κ3) is 4.89. The van der Waals surface area contributed by atoms with E-state index in [0.29, 0.717) is 17.1 Å². The molecule has 34 heavy (non-hydrogen) atoms. The van der Waals surface area contributed by atoms with Crippen molar-refractivity contribution < 1.29 is 0 Å². The number of benzene rings is 1. The summed E-state index contributed by atoms with van der Waals surface area (Å²) in [4.78, 5) is 6.95. The maximum atomic E-state index is 4.83. The quantitative estimate of drug-likeness (QED) is 0.424. The van der Waals surface area contributed by atoms with Gasteiger partial charge in [-0.25, -0.2) is 5.10 Å². The molecule has 1 atom stereocenters. The van der Waals surface area contributed by atoms with E-state index in [4.69, 9.17) is 10.1 Å². The molecule has 8 heteroatoms. The van der Waals surface area contributed by atoms with Crippen molar-refractivity contribution >= 4 is 23.4 Å². The summed E-state index contributed by atoms with van der Waals surface area (Å²) in [6.45, 7) is 10.5. The normalized spacial score (nSPS) is 15.3. The number of H-pyrrole nitrogens is 1. The molecule has 184 valence electrons. The zero-order valence-electron chi connectivity index (χ0n) is 21.7. The smallest absolute Gasteiger partial charge is 0.224 e. The van der Waals surface area contributed by atoms with Gasteiger partial charge in [0.2, 0.25) is 11.1 Å². The second-order valence-electron chi connectivity index (χ2n) is 9.51. The summed E-state index contributed by atoms with van der Waals surface area (Å²) in [5.41, 5.74) is 8.49. The molecule has 2 aliphatic carbocycles. The minimum Gasteiger partial charge on any atom is -0.324 e. The molecule has 7 nitrogen and oxygen atoms in total. The van der Waals surface area contributed by atoms with Crippen LogP contribution in [0.25, 0.3) is 0 Å². The number of aromatic nitrogens is 5. The minimum atomic E-state index is 0.283. The highest BCUT2D eigenvalue weighted by Gasteiger charge is 2.25. The Morgan fingerprint density at radius 1 is 1.00 bits per heavy atom. The first-order valence-electron chi connectivity index (χ1n) is 12.7. The summed E-state index contributed by atoms with van der Waals surface area (Å²) in [5.74, 6) is 0.715. The number of fused-ring (bicyclic) bond motifs is 2. The van der Waals surface area contributed by atoms with E-state index >= 15 is 0 Å². The highest BCUT2D eigenvalue weighted by Crippen LogP contribution is 2.39. The average Bonchev–Trinajstić information content (AvgIpc) is 3.61. The first-order chi connectivity index (χ1) is 16.4. The number of nitrogens with one attached hydrogen (secondary N) is 2. The molecule has 3 aromatic rings. The number of hydrogen-bond acceptors (Lipinski definition) is 6. The van der Waals surface area contributed by atoms with Crippen LogP contribution in [0.4, 0.5) is 11.6 Å². The Morgan fingerprint density at radius 2 is 1.65 bits per heavy atom. The average molecular weight is 482 g/mol. The van der Waals surface area contributed by atoms with Gasteiger partial charge in [0.05, 0.1) is 5.69 Å². The van der Waals surface area contributed by atoms with E-state index in [9.17, 15) is 0 Å². The molecule has 2 N–H and O–H groups in total. The fourth-order valence-corrected chi connectivity index (χ4v) is 5.68. The molecular formula is C26H39N7S. The minimum absolute atomic E-state index is 0.283. The van der Waals surface area contributed by atoms with Crippen LogP contribution in [-0.2, 0) is 25.7 Å². The van der Waals surface area contributed by atoms with E-state index in [2.05, 4.69) is 72.1 Å². The lowest BCUT2D eigenvalue weighted by molar-refractivity contribution is 0.298. The van der Waals surface area contributed by atoms with Crippen molar-refractivity contribution in [1.29, 1.82) is 0 Å². The highest BCUT2D eigenvalue weighted by molar-refractivity contribution is 7.99. The van der Waals surface area contributed by atoms with Gasteiger partial charge in [-0.15, -0.1) is 5.10 Å². The summed E-state index contributed by atoms with van der Waals surface area (Å²) in [6, 6.07) is 5.20. The monoisotopic (exact) mass is 481 g/mol. The first kappa shape index (κ1) is 24.8. The molecule has 0 radical (unpaired) electrons. The van der Waals surface area contributed by atoms with E-state index in [1.54, 1.807) is 0 Å². The van der Waals surface area contributed by atoms with E-state index in [0.717, 1.165) is 17.9 Å². The molecule has 1 aromatic carbocycles. The van der Waals surface area contributed by atoms with Gasteiger partial charge in [-0.05, 0) is 113 Å². The molecule has 0 spiro atoms. The van der Waals surface area contributed by atoms with Crippen LogP contribution in [0.15, 0.2) is 22.3 Å². The van der Waals surface area contributed by atoms with E-state index in [-0.39, 0.29) is 6.04 Å². The van der Waals surface area contributed by atoms with Crippen LogP contribution in [0, 0.1) is 0 Å². The fourth-order valence-electron chi connectivity index (χ4n) is 4.95. The predicted molar refractivity (Wildman–Crippen MR) is 140 cm³/mol. The molecule has 2 aliphatic rings. The molecular weight excluding hydrogens is 442 g/mol. The largest absolute Gasteiger partial charge is 0.324 e. The lowest BCUT2D eigenvalue weighted by atomic mass is 9.99. The van der Waals surface area contributed by atoms with Crippen molar-refractivity contribution in [3.63, 3.8) is 0 Å². The van der Waals surface area contributed by atoms with Crippen LogP contribution >= 0.6 is 11.8 Å². The van der Waals surface area contributed by atoms with Gasteiger partial charge in [-0.3, -0.25) is 4.68 Å². The predicted octanol–water partition coefficient (Wildman–Crippen LogP) is 6.10. The fraction of sp³-hybridized carbons (Fsp3) is 0.577. The summed E-state index contributed by atoms with van der Waals surface area (Å²) in [7, 11) is 4.19. The molecule has 0 fully saturated rings. The molecule has 0 saturated carbocycles. The van der Waals surface area contributed by atoms with Crippen LogP contribution in [-0.4, -0.2) is 44.0 Å². The number of aromatic amines is 1. The van der Waals surface area contributed by atoms with E-state index < -0.39 is 0 Å². The Balaban J connectivity index is 0.00000133. The van der Waals surface area contributed by atoms with Crippen molar-refractivity contribution in [1.82, 2.24) is 29.9 Å². The molecule has 1 unspecified atom stereocenters. The van der Waals surface area contributed by atoms with Crippen LogP contribution in [0.2, 0.25) is 0 Å². The topological polar surface area (TPSA) is 74.7 Å². The molecule has 0 aliphatic heterocycles. The maximum Gasteiger partial charge on any atom is 0.224 e. The van der Waals surface area contributed by atoms with Crippen molar-refractivity contribution in [3.05, 3.63) is 40.1 Å².